The third-order valence-corrected chi connectivity index (χ3v) is 6.00. The van der Waals surface area contributed by atoms with Gasteiger partial charge in [0.05, 0.1) is 11.4 Å². The molecule has 0 unspecified atom stereocenters. The molecule has 2 saturated heterocycles. The molecule has 2 aliphatic heterocycles. The molecule has 0 spiro atoms. The highest BCUT2D eigenvalue weighted by atomic mass is 32.2. The fraction of sp³-hybridized carbons (Fsp3) is 0.533. The molecule has 2 fully saturated rings. The number of sulfonamides is 1. The summed E-state index contributed by atoms with van der Waals surface area (Å²) in [5, 5.41) is 6.26. The van der Waals surface area contributed by atoms with Crippen LogP contribution in [0.15, 0.2) is 24.3 Å². The normalized spacial score (nSPS) is 24.2. The van der Waals surface area contributed by atoms with Gasteiger partial charge < -0.3 is 10.6 Å². The molecule has 2 N–H and O–H groups in total. The second kappa shape index (κ2) is 6.26. The van der Waals surface area contributed by atoms with Gasteiger partial charge >= 0.3 is 0 Å². The smallest absolute Gasteiger partial charge is 0.251 e. The van der Waals surface area contributed by atoms with Crippen molar-refractivity contribution in [3.63, 3.8) is 0 Å². The second-order valence-corrected chi connectivity index (χ2v) is 7.82. The monoisotopic (exact) mass is 323 g/mol. The van der Waals surface area contributed by atoms with Gasteiger partial charge in [-0.2, -0.15) is 0 Å². The van der Waals surface area contributed by atoms with Crippen molar-refractivity contribution in [2.45, 2.75) is 25.3 Å². The number of hydrogen-bond acceptors (Lipinski definition) is 4. The summed E-state index contributed by atoms with van der Waals surface area (Å²) in [5.74, 6) is 0.0316. The van der Waals surface area contributed by atoms with Crippen molar-refractivity contribution in [1.82, 2.24) is 10.6 Å². The van der Waals surface area contributed by atoms with E-state index in [1.54, 1.807) is 24.3 Å². The van der Waals surface area contributed by atoms with E-state index in [2.05, 4.69) is 10.6 Å². The Hall–Kier alpha value is -1.60. The molecule has 2 aliphatic rings. The lowest BCUT2D eigenvalue weighted by Gasteiger charge is -2.24. The Bertz CT molecular complexity index is 654. The summed E-state index contributed by atoms with van der Waals surface area (Å²) in [6.07, 6.45) is 2.66. The minimum Gasteiger partial charge on any atom is -0.348 e. The van der Waals surface area contributed by atoms with E-state index in [9.17, 15) is 13.2 Å². The third kappa shape index (κ3) is 3.25. The van der Waals surface area contributed by atoms with Crippen molar-refractivity contribution in [2.75, 3.05) is 29.7 Å². The zero-order chi connectivity index (χ0) is 15.6. The topological polar surface area (TPSA) is 78.5 Å². The van der Waals surface area contributed by atoms with Gasteiger partial charge in [-0.1, -0.05) is 6.07 Å². The predicted molar refractivity (Wildman–Crippen MR) is 85.5 cm³/mol. The summed E-state index contributed by atoms with van der Waals surface area (Å²) >= 11 is 0. The molecule has 7 heteroatoms. The van der Waals surface area contributed by atoms with E-state index < -0.39 is 10.0 Å². The van der Waals surface area contributed by atoms with E-state index in [0.717, 1.165) is 25.9 Å². The standard InChI is InChI=1S/C15H21N3O3S/c19-15(17-13-5-2-7-16-11-13)12-4-1-6-14(10-12)18-8-3-9-22(18,20)21/h1,4,6,10,13,16H,2-3,5,7-9,11H2,(H,17,19)/t13-/m0/s1. The number of nitrogens with zero attached hydrogens (tertiary/aromatic N) is 1. The van der Waals surface area contributed by atoms with Crippen LogP contribution in [-0.4, -0.2) is 45.8 Å². The molecule has 1 aromatic carbocycles. The Balaban J connectivity index is 1.74. The van der Waals surface area contributed by atoms with Crippen LogP contribution in [0.1, 0.15) is 29.6 Å². The maximum absolute atomic E-state index is 12.3. The van der Waals surface area contributed by atoms with Crippen LogP contribution >= 0.6 is 0 Å². The van der Waals surface area contributed by atoms with E-state index >= 15 is 0 Å². The molecule has 0 saturated carbocycles. The van der Waals surface area contributed by atoms with Gasteiger partial charge in [-0.05, 0) is 44.0 Å². The van der Waals surface area contributed by atoms with Crippen molar-refractivity contribution in [2.24, 2.45) is 0 Å². The number of anilines is 1. The Labute approximate surface area is 130 Å². The molecule has 120 valence electrons. The summed E-state index contributed by atoms with van der Waals surface area (Å²) < 4.78 is 25.3. The minimum atomic E-state index is -3.22. The molecule has 0 bridgehead atoms. The predicted octanol–water partition coefficient (Wildman–Crippen LogP) is 0.708. The molecular formula is C15H21N3O3S. The average molecular weight is 323 g/mol. The molecule has 0 aliphatic carbocycles. The van der Waals surface area contributed by atoms with E-state index in [0.29, 0.717) is 24.2 Å². The second-order valence-electron chi connectivity index (χ2n) is 5.81. The number of hydrogen-bond donors (Lipinski definition) is 2. The first-order valence-corrected chi connectivity index (χ1v) is 9.29. The number of nitrogens with one attached hydrogen (secondary N) is 2. The fourth-order valence-corrected chi connectivity index (χ4v) is 4.53. The Morgan fingerprint density at radius 2 is 2.18 bits per heavy atom. The molecule has 1 aromatic rings. The lowest BCUT2D eigenvalue weighted by atomic mass is 10.1. The quantitative estimate of drug-likeness (QED) is 0.859. The van der Waals surface area contributed by atoms with Crippen LogP contribution in [0.4, 0.5) is 5.69 Å². The molecule has 1 atom stereocenters. The van der Waals surface area contributed by atoms with Gasteiger partial charge in [0.15, 0.2) is 0 Å². The highest BCUT2D eigenvalue weighted by molar-refractivity contribution is 7.93. The first-order valence-electron chi connectivity index (χ1n) is 7.68. The molecule has 1 amide bonds. The van der Waals surface area contributed by atoms with Crippen LogP contribution in [0.5, 0.6) is 0 Å². The third-order valence-electron chi connectivity index (χ3n) is 4.13. The average Bonchev–Trinajstić information content (AvgIpc) is 2.88. The van der Waals surface area contributed by atoms with Gasteiger partial charge in [0, 0.05) is 24.7 Å². The van der Waals surface area contributed by atoms with Gasteiger partial charge in [0.2, 0.25) is 10.0 Å². The summed E-state index contributed by atoms with van der Waals surface area (Å²) in [7, 11) is -3.22. The van der Waals surface area contributed by atoms with Crippen molar-refractivity contribution >= 4 is 21.6 Å². The Morgan fingerprint density at radius 3 is 2.86 bits per heavy atom. The van der Waals surface area contributed by atoms with Gasteiger partial charge in [0.1, 0.15) is 0 Å². The zero-order valence-electron chi connectivity index (χ0n) is 12.4. The van der Waals surface area contributed by atoms with Crippen molar-refractivity contribution in [3.05, 3.63) is 29.8 Å². The largest absolute Gasteiger partial charge is 0.348 e. The lowest BCUT2D eigenvalue weighted by molar-refractivity contribution is 0.0930. The fourth-order valence-electron chi connectivity index (χ4n) is 2.98. The maximum atomic E-state index is 12.3. The van der Waals surface area contributed by atoms with Gasteiger partial charge in [-0.25, -0.2) is 8.42 Å². The number of carbonyl (C=O) groups excluding carboxylic acids is 1. The first kappa shape index (κ1) is 15.3. The molecule has 3 rings (SSSR count). The van der Waals surface area contributed by atoms with Gasteiger partial charge in [-0.3, -0.25) is 9.10 Å². The van der Waals surface area contributed by atoms with Crippen molar-refractivity contribution < 1.29 is 13.2 Å². The first-order chi connectivity index (χ1) is 10.6. The number of rotatable bonds is 3. The van der Waals surface area contributed by atoms with E-state index in [1.807, 2.05) is 0 Å². The molecule has 0 radical (unpaired) electrons. The number of carbonyl (C=O) groups is 1. The summed E-state index contributed by atoms with van der Waals surface area (Å²) in [6.45, 7) is 2.26. The van der Waals surface area contributed by atoms with Crippen LogP contribution in [0, 0.1) is 0 Å². The zero-order valence-corrected chi connectivity index (χ0v) is 13.2. The van der Waals surface area contributed by atoms with Crippen LogP contribution in [0.25, 0.3) is 0 Å². The molecule has 0 aromatic heterocycles. The molecule has 6 nitrogen and oxygen atoms in total. The lowest BCUT2D eigenvalue weighted by Crippen LogP contribution is -2.45. The summed E-state index contributed by atoms with van der Waals surface area (Å²) in [5.41, 5.74) is 1.08. The van der Waals surface area contributed by atoms with Crippen LogP contribution in [0.2, 0.25) is 0 Å². The number of piperidine rings is 1. The van der Waals surface area contributed by atoms with Gasteiger partial charge in [0.25, 0.3) is 5.91 Å². The molecular weight excluding hydrogens is 302 g/mol. The SMILES string of the molecule is O=C(N[C@H]1CCCNC1)c1cccc(N2CCCS2(=O)=O)c1. The molecule has 2 heterocycles. The van der Waals surface area contributed by atoms with Gasteiger partial charge in [-0.15, -0.1) is 0 Å². The minimum absolute atomic E-state index is 0.139. The number of amides is 1. The van der Waals surface area contributed by atoms with Crippen LogP contribution in [-0.2, 0) is 10.0 Å². The van der Waals surface area contributed by atoms with E-state index in [4.69, 9.17) is 0 Å². The summed E-state index contributed by atoms with van der Waals surface area (Å²) in [6, 6.07) is 6.99. The Kier molecular flexibility index (Phi) is 4.35. The van der Waals surface area contributed by atoms with Crippen molar-refractivity contribution in [3.8, 4) is 0 Å². The van der Waals surface area contributed by atoms with Crippen LogP contribution in [0.3, 0.4) is 0 Å². The van der Waals surface area contributed by atoms with E-state index in [-0.39, 0.29) is 17.7 Å². The van der Waals surface area contributed by atoms with E-state index in [1.165, 1.54) is 4.31 Å². The summed E-state index contributed by atoms with van der Waals surface area (Å²) in [4.78, 5) is 12.3. The highest BCUT2D eigenvalue weighted by Gasteiger charge is 2.28. The van der Waals surface area contributed by atoms with Crippen LogP contribution < -0.4 is 14.9 Å². The number of benzene rings is 1. The van der Waals surface area contributed by atoms with Crippen molar-refractivity contribution in [1.29, 1.82) is 0 Å². The molecule has 22 heavy (non-hydrogen) atoms. The Morgan fingerprint density at radius 1 is 1.32 bits per heavy atom. The maximum Gasteiger partial charge on any atom is 0.251 e. The highest BCUT2D eigenvalue weighted by Crippen LogP contribution is 2.24.